The van der Waals surface area contributed by atoms with Crippen LogP contribution in [0.4, 0.5) is 0 Å². The number of halogens is 1. The molecule has 0 bridgehead atoms. The van der Waals surface area contributed by atoms with Crippen LogP contribution in [0.2, 0.25) is 0 Å². The minimum absolute atomic E-state index is 0.322. The Morgan fingerprint density at radius 1 is 1.29 bits per heavy atom. The number of ketones is 1. The van der Waals surface area contributed by atoms with Crippen LogP contribution in [0, 0.1) is 5.92 Å². The van der Waals surface area contributed by atoms with E-state index in [0.29, 0.717) is 24.5 Å². The van der Waals surface area contributed by atoms with E-state index in [-0.39, 0.29) is 0 Å². The lowest BCUT2D eigenvalue weighted by atomic mass is 10.0. The average Bonchev–Trinajstić information content (AvgIpc) is 2.07. The van der Waals surface area contributed by atoms with Crippen LogP contribution < -0.4 is 0 Å². The summed E-state index contributed by atoms with van der Waals surface area (Å²) in [6.07, 6.45) is 1.24. The number of rotatable bonds is 4. The Bertz CT molecular complexity index is 301. The van der Waals surface area contributed by atoms with Crippen molar-refractivity contribution in [1.29, 1.82) is 0 Å². The number of hydrogen-bond acceptors (Lipinski definition) is 1. The molecule has 1 rings (SSSR count). The highest BCUT2D eigenvalue weighted by atomic mass is 79.9. The van der Waals surface area contributed by atoms with Crippen molar-refractivity contribution >= 4 is 21.7 Å². The molecule has 0 radical (unpaired) electrons. The molecule has 2 heteroatoms. The topological polar surface area (TPSA) is 17.1 Å². The average molecular weight is 255 g/mol. The Morgan fingerprint density at radius 3 is 2.36 bits per heavy atom. The highest BCUT2D eigenvalue weighted by Gasteiger charge is 2.05. The van der Waals surface area contributed by atoms with Crippen LogP contribution in [-0.2, 0) is 11.2 Å². The Labute approximate surface area is 93.7 Å². The predicted octanol–water partition coefficient (Wildman–Crippen LogP) is 3.61. The molecule has 1 aromatic rings. The number of carbonyl (C=O) groups excluding carboxylic acids is 1. The van der Waals surface area contributed by atoms with Gasteiger partial charge in [-0.05, 0) is 23.6 Å². The third-order valence-corrected chi connectivity index (χ3v) is 2.48. The number of hydrogen-bond donors (Lipinski definition) is 0. The summed E-state index contributed by atoms with van der Waals surface area (Å²) in [7, 11) is 0. The van der Waals surface area contributed by atoms with Crippen LogP contribution in [0.25, 0.3) is 0 Å². The highest BCUT2D eigenvalue weighted by molar-refractivity contribution is 9.10. The van der Waals surface area contributed by atoms with Gasteiger partial charge in [-0.3, -0.25) is 4.79 Å². The minimum Gasteiger partial charge on any atom is -0.299 e. The first-order valence-corrected chi connectivity index (χ1v) is 5.63. The van der Waals surface area contributed by atoms with Crippen molar-refractivity contribution in [3.8, 4) is 0 Å². The molecule has 14 heavy (non-hydrogen) atoms. The molecule has 76 valence electrons. The fourth-order valence-corrected chi connectivity index (χ4v) is 1.62. The van der Waals surface area contributed by atoms with E-state index < -0.39 is 0 Å². The van der Waals surface area contributed by atoms with Gasteiger partial charge in [0.1, 0.15) is 5.78 Å². The summed E-state index contributed by atoms with van der Waals surface area (Å²) in [6.45, 7) is 4.14. The molecule has 0 fully saturated rings. The quantitative estimate of drug-likeness (QED) is 0.803. The van der Waals surface area contributed by atoms with Crippen LogP contribution in [0.1, 0.15) is 25.8 Å². The number of carbonyl (C=O) groups is 1. The van der Waals surface area contributed by atoms with Crippen molar-refractivity contribution in [2.75, 3.05) is 0 Å². The fraction of sp³-hybridized carbons (Fsp3) is 0.417. The molecule has 0 aliphatic heterocycles. The molecule has 0 aliphatic carbocycles. The van der Waals surface area contributed by atoms with Gasteiger partial charge in [0.15, 0.2) is 0 Å². The summed E-state index contributed by atoms with van der Waals surface area (Å²) in [4.78, 5) is 11.5. The molecule has 0 atom stereocenters. The van der Waals surface area contributed by atoms with Gasteiger partial charge in [-0.15, -0.1) is 0 Å². The molecule has 0 aliphatic rings. The summed E-state index contributed by atoms with van der Waals surface area (Å²) >= 11 is 3.37. The SMILES string of the molecule is CC(C)CC(=O)Cc1ccc(Br)cc1. The van der Waals surface area contributed by atoms with E-state index >= 15 is 0 Å². The lowest BCUT2D eigenvalue weighted by Gasteiger charge is -2.03. The van der Waals surface area contributed by atoms with Crippen molar-refractivity contribution in [3.63, 3.8) is 0 Å². The van der Waals surface area contributed by atoms with Crippen LogP contribution in [0.3, 0.4) is 0 Å². The summed E-state index contributed by atoms with van der Waals surface area (Å²) < 4.78 is 1.05. The third-order valence-electron chi connectivity index (χ3n) is 1.95. The molecule has 0 spiro atoms. The minimum atomic E-state index is 0.322. The zero-order valence-corrected chi connectivity index (χ0v) is 10.2. The first-order chi connectivity index (χ1) is 6.58. The summed E-state index contributed by atoms with van der Waals surface area (Å²) in [5, 5.41) is 0. The molecule has 0 saturated heterocycles. The molecule has 0 unspecified atom stereocenters. The van der Waals surface area contributed by atoms with Crippen molar-refractivity contribution < 1.29 is 4.79 Å². The van der Waals surface area contributed by atoms with Crippen LogP contribution >= 0.6 is 15.9 Å². The van der Waals surface area contributed by atoms with Gasteiger partial charge in [-0.2, -0.15) is 0 Å². The van der Waals surface area contributed by atoms with Gasteiger partial charge in [-0.1, -0.05) is 41.9 Å². The molecular weight excluding hydrogens is 240 g/mol. The van der Waals surface area contributed by atoms with Crippen LogP contribution in [-0.4, -0.2) is 5.78 Å². The molecule has 0 heterocycles. The van der Waals surface area contributed by atoms with Gasteiger partial charge in [0, 0.05) is 17.3 Å². The van der Waals surface area contributed by atoms with Crippen molar-refractivity contribution in [3.05, 3.63) is 34.3 Å². The predicted molar refractivity (Wildman–Crippen MR) is 62.3 cm³/mol. The van der Waals surface area contributed by atoms with E-state index in [1.807, 2.05) is 24.3 Å². The molecule has 1 aromatic carbocycles. The van der Waals surface area contributed by atoms with Gasteiger partial charge in [0.2, 0.25) is 0 Å². The molecule has 0 amide bonds. The van der Waals surface area contributed by atoms with E-state index in [0.717, 1.165) is 10.0 Å². The van der Waals surface area contributed by atoms with Crippen LogP contribution in [0.15, 0.2) is 28.7 Å². The largest absolute Gasteiger partial charge is 0.299 e. The first kappa shape index (κ1) is 11.4. The molecular formula is C12H15BrO. The second kappa shape index (κ2) is 5.30. The van der Waals surface area contributed by atoms with Gasteiger partial charge in [0.25, 0.3) is 0 Å². The second-order valence-electron chi connectivity index (χ2n) is 3.94. The summed E-state index contributed by atoms with van der Waals surface area (Å²) in [5.41, 5.74) is 1.10. The van der Waals surface area contributed by atoms with Crippen molar-refractivity contribution in [2.45, 2.75) is 26.7 Å². The Morgan fingerprint density at radius 2 is 1.86 bits per heavy atom. The Hall–Kier alpha value is -0.630. The van der Waals surface area contributed by atoms with Gasteiger partial charge in [-0.25, -0.2) is 0 Å². The maximum absolute atomic E-state index is 11.5. The summed E-state index contributed by atoms with van der Waals surface area (Å²) in [6, 6.07) is 7.92. The van der Waals surface area contributed by atoms with Crippen LogP contribution in [0.5, 0.6) is 0 Å². The summed E-state index contributed by atoms with van der Waals surface area (Å²) in [5.74, 6) is 0.778. The van der Waals surface area contributed by atoms with E-state index in [1.54, 1.807) is 0 Å². The van der Waals surface area contributed by atoms with E-state index in [4.69, 9.17) is 0 Å². The fourth-order valence-electron chi connectivity index (χ4n) is 1.36. The van der Waals surface area contributed by atoms with E-state index in [9.17, 15) is 4.79 Å². The lowest BCUT2D eigenvalue weighted by Crippen LogP contribution is -2.06. The Balaban J connectivity index is 2.52. The van der Waals surface area contributed by atoms with Gasteiger partial charge < -0.3 is 0 Å². The maximum atomic E-state index is 11.5. The van der Waals surface area contributed by atoms with Crippen molar-refractivity contribution in [2.24, 2.45) is 5.92 Å². The Kier molecular flexibility index (Phi) is 4.33. The second-order valence-corrected chi connectivity index (χ2v) is 4.86. The zero-order chi connectivity index (χ0) is 10.6. The van der Waals surface area contributed by atoms with Gasteiger partial charge >= 0.3 is 0 Å². The van der Waals surface area contributed by atoms with E-state index in [2.05, 4.69) is 29.8 Å². The normalized spacial score (nSPS) is 10.6. The molecule has 1 nitrogen and oxygen atoms in total. The van der Waals surface area contributed by atoms with Crippen molar-refractivity contribution in [1.82, 2.24) is 0 Å². The lowest BCUT2D eigenvalue weighted by molar-refractivity contribution is -0.119. The highest BCUT2D eigenvalue weighted by Crippen LogP contribution is 2.12. The monoisotopic (exact) mass is 254 g/mol. The molecule has 0 N–H and O–H groups in total. The van der Waals surface area contributed by atoms with E-state index in [1.165, 1.54) is 0 Å². The standard InChI is InChI=1S/C12H15BrO/c1-9(2)7-12(14)8-10-3-5-11(13)6-4-10/h3-6,9H,7-8H2,1-2H3. The molecule has 0 aromatic heterocycles. The smallest absolute Gasteiger partial charge is 0.137 e. The first-order valence-electron chi connectivity index (χ1n) is 4.84. The number of Topliss-reactive ketones (excluding diaryl/α,β-unsaturated/α-hetero) is 1. The number of benzene rings is 1. The zero-order valence-electron chi connectivity index (χ0n) is 8.59. The third kappa shape index (κ3) is 4.05. The molecule has 0 saturated carbocycles. The van der Waals surface area contributed by atoms with Gasteiger partial charge in [0.05, 0.1) is 0 Å². The maximum Gasteiger partial charge on any atom is 0.137 e.